The Morgan fingerprint density at radius 1 is 1.73 bits per heavy atom. The number of aromatic nitrogens is 1. The predicted molar refractivity (Wildman–Crippen MR) is 43.6 cm³/mol. The first-order valence-corrected chi connectivity index (χ1v) is 3.65. The van der Waals surface area contributed by atoms with Crippen LogP contribution in [-0.4, -0.2) is 9.91 Å². The van der Waals surface area contributed by atoms with E-state index in [4.69, 9.17) is 0 Å². The first-order valence-electron chi connectivity index (χ1n) is 2.57. The predicted octanol–water partition coefficient (Wildman–Crippen LogP) is 1.73. The Bertz CT molecular complexity index is 305. The molecular weight excluding hydrogens is 266 g/mol. The molecule has 0 saturated heterocycles. The molecule has 0 radical (unpaired) electrons. The molecule has 4 nitrogen and oxygen atoms in total. The van der Waals surface area contributed by atoms with Crippen molar-refractivity contribution in [1.82, 2.24) is 4.98 Å². The van der Waals surface area contributed by atoms with Gasteiger partial charge in [-0.1, -0.05) is 0 Å². The van der Waals surface area contributed by atoms with Crippen LogP contribution < -0.4 is 0 Å². The Balaban J connectivity index is 3.27. The monoisotopic (exact) mass is 268 g/mol. The van der Waals surface area contributed by atoms with Gasteiger partial charge in [-0.15, -0.1) is 0 Å². The molecule has 0 aliphatic carbocycles. The van der Waals surface area contributed by atoms with Gasteiger partial charge in [0.1, 0.15) is 3.57 Å². The standard InChI is InChI=1S/C5H2FIN2O2/c6-5-4(7)3(9(10)11)1-2-8-5/h1-2H. The van der Waals surface area contributed by atoms with Crippen molar-refractivity contribution < 1.29 is 9.31 Å². The van der Waals surface area contributed by atoms with Gasteiger partial charge in [0.25, 0.3) is 5.69 Å². The highest BCUT2D eigenvalue weighted by Crippen LogP contribution is 2.20. The van der Waals surface area contributed by atoms with E-state index in [9.17, 15) is 14.5 Å². The highest BCUT2D eigenvalue weighted by atomic mass is 127. The van der Waals surface area contributed by atoms with Gasteiger partial charge in [-0.3, -0.25) is 10.1 Å². The molecule has 1 heterocycles. The summed E-state index contributed by atoms with van der Waals surface area (Å²) in [5, 5.41) is 10.2. The minimum absolute atomic E-state index is 0.0601. The molecule has 0 aromatic carbocycles. The lowest BCUT2D eigenvalue weighted by atomic mass is 10.4. The first-order chi connectivity index (χ1) is 5.13. The second-order valence-corrected chi connectivity index (χ2v) is 2.77. The summed E-state index contributed by atoms with van der Waals surface area (Å²) >= 11 is 1.54. The summed E-state index contributed by atoms with van der Waals surface area (Å²) in [4.78, 5) is 12.8. The van der Waals surface area contributed by atoms with Gasteiger partial charge in [0.2, 0.25) is 5.95 Å². The molecule has 11 heavy (non-hydrogen) atoms. The highest BCUT2D eigenvalue weighted by Gasteiger charge is 2.15. The van der Waals surface area contributed by atoms with Crippen molar-refractivity contribution >= 4 is 28.3 Å². The second kappa shape index (κ2) is 3.07. The van der Waals surface area contributed by atoms with Crippen LogP contribution in [0, 0.1) is 19.6 Å². The molecule has 0 amide bonds. The van der Waals surface area contributed by atoms with Crippen molar-refractivity contribution in [3.05, 3.63) is 31.9 Å². The van der Waals surface area contributed by atoms with E-state index in [2.05, 4.69) is 4.98 Å². The van der Waals surface area contributed by atoms with E-state index >= 15 is 0 Å². The fraction of sp³-hybridized carbons (Fsp3) is 0. The van der Waals surface area contributed by atoms with Crippen LogP contribution in [0.15, 0.2) is 12.3 Å². The minimum atomic E-state index is -0.806. The molecule has 58 valence electrons. The normalized spacial score (nSPS) is 9.64. The van der Waals surface area contributed by atoms with Crippen LogP contribution >= 0.6 is 22.6 Å². The topological polar surface area (TPSA) is 56.0 Å². The Labute approximate surface area is 74.7 Å². The van der Waals surface area contributed by atoms with Crippen LogP contribution in [0.4, 0.5) is 10.1 Å². The zero-order valence-corrected chi connectivity index (χ0v) is 7.28. The quantitative estimate of drug-likeness (QED) is 0.337. The Morgan fingerprint density at radius 3 is 2.82 bits per heavy atom. The molecular formula is C5H2FIN2O2. The molecule has 0 unspecified atom stereocenters. The van der Waals surface area contributed by atoms with E-state index < -0.39 is 10.9 Å². The van der Waals surface area contributed by atoms with E-state index in [1.165, 1.54) is 0 Å². The number of nitro groups is 1. The molecule has 0 aliphatic rings. The molecule has 0 atom stereocenters. The number of hydrogen-bond donors (Lipinski definition) is 0. The van der Waals surface area contributed by atoms with Crippen LogP contribution in [0.5, 0.6) is 0 Å². The van der Waals surface area contributed by atoms with Crippen molar-refractivity contribution in [2.75, 3.05) is 0 Å². The third-order valence-corrected chi connectivity index (χ3v) is 2.02. The number of nitrogens with zero attached hydrogens (tertiary/aromatic N) is 2. The van der Waals surface area contributed by atoms with E-state index in [1.54, 1.807) is 22.6 Å². The summed E-state index contributed by atoms with van der Waals surface area (Å²) in [5.41, 5.74) is -0.252. The van der Waals surface area contributed by atoms with Gasteiger partial charge in [0, 0.05) is 12.3 Å². The number of rotatable bonds is 1. The summed E-state index contributed by atoms with van der Waals surface area (Å²) in [6, 6.07) is 1.16. The van der Waals surface area contributed by atoms with Crippen molar-refractivity contribution in [3.8, 4) is 0 Å². The van der Waals surface area contributed by atoms with E-state index in [0.29, 0.717) is 0 Å². The van der Waals surface area contributed by atoms with E-state index in [-0.39, 0.29) is 9.26 Å². The molecule has 0 fully saturated rings. The average molecular weight is 268 g/mol. The molecule has 1 aromatic rings. The van der Waals surface area contributed by atoms with Gasteiger partial charge in [-0.05, 0) is 22.6 Å². The third-order valence-electron chi connectivity index (χ3n) is 1.02. The van der Waals surface area contributed by atoms with Gasteiger partial charge in [0.05, 0.1) is 4.92 Å². The highest BCUT2D eigenvalue weighted by molar-refractivity contribution is 14.1. The van der Waals surface area contributed by atoms with Gasteiger partial charge >= 0.3 is 0 Å². The van der Waals surface area contributed by atoms with Gasteiger partial charge in [-0.25, -0.2) is 4.98 Å². The summed E-state index contributed by atoms with van der Waals surface area (Å²) in [6.07, 6.45) is 1.07. The van der Waals surface area contributed by atoms with Crippen LogP contribution in [0.2, 0.25) is 0 Å². The lowest BCUT2D eigenvalue weighted by molar-refractivity contribution is -0.386. The van der Waals surface area contributed by atoms with Crippen LogP contribution in [0.25, 0.3) is 0 Å². The van der Waals surface area contributed by atoms with Crippen LogP contribution in [0.3, 0.4) is 0 Å². The van der Waals surface area contributed by atoms with Crippen LogP contribution in [-0.2, 0) is 0 Å². The zero-order valence-electron chi connectivity index (χ0n) is 5.12. The average Bonchev–Trinajstić information content (AvgIpc) is 1.94. The second-order valence-electron chi connectivity index (χ2n) is 1.69. The number of hydrogen-bond acceptors (Lipinski definition) is 3. The minimum Gasteiger partial charge on any atom is -0.258 e. The molecule has 0 saturated carbocycles. The molecule has 0 N–H and O–H groups in total. The molecule has 1 rings (SSSR count). The molecule has 6 heteroatoms. The molecule has 1 aromatic heterocycles. The molecule has 0 spiro atoms. The van der Waals surface area contributed by atoms with Gasteiger partial charge in [-0.2, -0.15) is 4.39 Å². The lowest BCUT2D eigenvalue weighted by Gasteiger charge is -1.93. The Hall–Kier alpha value is -0.790. The summed E-state index contributed by atoms with van der Waals surface area (Å²) < 4.78 is 12.5. The van der Waals surface area contributed by atoms with Crippen molar-refractivity contribution in [3.63, 3.8) is 0 Å². The smallest absolute Gasteiger partial charge is 0.258 e. The fourth-order valence-corrected chi connectivity index (χ4v) is 1.07. The maximum absolute atomic E-state index is 12.5. The lowest BCUT2D eigenvalue weighted by Crippen LogP contribution is -1.95. The fourth-order valence-electron chi connectivity index (χ4n) is 0.550. The Morgan fingerprint density at radius 2 is 2.36 bits per heavy atom. The Kier molecular flexibility index (Phi) is 2.32. The maximum Gasteiger partial charge on any atom is 0.288 e. The summed E-state index contributed by atoms with van der Waals surface area (Å²) in [7, 11) is 0. The van der Waals surface area contributed by atoms with Crippen LogP contribution in [0.1, 0.15) is 0 Å². The van der Waals surface area contributed by atoms with E-state index in [0.717, 1.165) is 12.3 Å². The molecule has 0 bridgehead atoms. The van der Waals surface area contributed by atoms with Crippen molar-refractivity contribution in [1.29, 1.82) is 0 Å². The third kappa shape index (κ3) is 1.62. The zero-order chi connectivity index (χ0) is 8.43. The number of halogens is 2. The summed E-state index contributed by atoms with van der Waals surface area (Å²) in [5.74, 6) is -0.806. The van der Waals surface area contributed by atoms with Gasteiger partial charge < -0.3 is 0 Å². The summed E-state index contributed by atoms with van der Waals surface area (Å²) in [6.45, 7) is 0. The maximum atomic E-state index is 12.5. The number of pyridine rings is 1. The largest absolute Gasteiger partial charge is 0.288 e. The van der Waals surface area contributed by atoms with Gasteiger partial charge in [0.15, 0.2) is 0 Å². The SMILES string of the molecule is O=[N+]([O-])c1ccnc(F)c1I. The van der Waals surface area contributed by atoms with E-state index in [1.807, 2.05) is 0 Å². The molecule has 0 aliphatic heterocycles. The van der Waals surface area contributed by atoms with Crippen molar-refractivity contribution in [2.24, 2.45) is 0 Å². The first kappa shape index (κ1) is 8.31. The van der Waals surface area contributed by atoms with Crippen molar-refractivity contribution in [2.45, 2.75) is 0 Å².